The van der Waals surface area contributed by atoms with Crippen LogP contribution in [0.15, 0.2) is 16.5 Å². The van der Waals surface area contributed by atoms with Crippen molar-refractivity contribution in [3.63, 3.8) is 0 Å². The number of rotatable bonds is 5. The van der Waals surface area contributed by atoms with Crippen LogP contribution in [-0.2, 0) is 11.3 Å². The van der Waals surface area contributed by atoms with Crippen LogP contribution in [0.4, 0.5) is 5.88 Å². The van der Waals surface area contributed by atoms with Crippen LogP contribution in [0.1, 0.15) is 32.4 Å². The van der Waals surface area contributed by atoms with Crippen LogP contribution in [-0.4, -0.2) is 34.9 Å². The van der Waals surface area contributed by atoms with Crippen LogP contribution in [0.5, 0.6) is 0 Å². The van der Waals surface area contributed by atoms with Gasteiger partial charge in [-0.3, -0.25) is 14.9 Å². The Morgan fingerprint density at radius 1 is 1.48 bits per heavy atom. The Labute approximate surface area is 123 Å². The van der Waals surface area contributed by atoms with E-state index in [0.717, 1.165) is 25.9 Å². The number of carbonyl (C=O) groups is 1. The Kier molecular flexibility index (Phi) is 4.95. The highest BCUT2D eigenvalue weighted by Gasteiger charge is 2.24. The van der Waals surface area contributed by atoms with E-state index in [1.54, 1.807) is 6.07 Å². The van der Waals surface area contributed by atoms with Crippen molar-refractivity contribution < 1.29 is 14.1 Å². The topological polar surface area (TPSA) is 88.6 Å². The maximum absolute atomic E-state index is 11.9. The summed E-state index contributed by atoms with van der Waals surface area (Å²) < 4.78 is 5.10. The van der Waals surface area contributed by atoms with Crippen LogP contribution in [0.25, 0.3) is 0 Å². The van der Waals surface area contributed by atoms with Gasteiger partial charge in [0.25, 0.3) is 0 Å². The average molecular weight is 295 g/mol. The molecule has 0 spiro atoms. The molecule has 0 atom stereocenters. The molecule has 2 rings (SSSR count). The molecule has 21 heavy (non-hydrogen) atoms. The van der Waals surface area contributed by atoms with Gasteiger partial charge in [-0.05, 0) is 18.9 Å². The second kappa shape index (κ2) is 6.71. The lowest BCUT2D eigenvalue weighted by Crippen LogP contribution is -2.45. The minimum atomic E-state index is -0.542. The molecule has 1 aromatic rings. The smallest absolute Gasteiger partial charge is 0.404 e. The largest absolute Gasteiger partial charge is 0.433 e. The first-order valence-corrected chi connectivity index (χ1v) is 7.22. The molecule has 0 radical (unpaired) electrons. The van der Waals surface area contributed by atoms with E-state index in [9.17, 15) is 14.9 Å². The van der Waals surface area contributed by atoms with E-state index in [1.807, 2.05) is 18.7 Å². The third-order valence-electron chi connectivity index (χ3n) is 3.69. The van der Waals surface area contributed by atoms with E-state index in [0.29, 0.717) is 18.3 Å². The molecule has 1 saturated heterocycles. The molecule has 7 heteroatoms. The molecular formula is C14H21N3O4. The predicted molar refractivity (Wildman–Crippen MR) is 76.6 cm³/mol. The van der Waals surface area contributed by atoms with Gasteiger partial charge >= 0.3 is 5.88 Å². The number of carbonyl (C=O) groups excluding carboxylic acids is 1. The number of furan rings is 1. The third kappa shape index (κ3) is 4.04. The number of hydrogen-bond acceptors (Lipinski definition) is 5. The maximum atomic E-state index is 11.9. The number of nitrogens with one attached hydrogen (secondary N) is 1. The highest BCUT2D eigenvalue weighted by atomic mass is 16.6. The lowest BCUT2D eigenvalue weighted by molar-refractivity contribution is -0.402. The van der Waals surface area contributed by atoms with Crippen molar-refractivity contribution in [2.24, 2.45) is 5.92 Å². The number of nitro groups is 1. The van der Waals surface area contributed by atoms with Gasteiger partial charge in [0.1, 0.15) is 10.7 Å². The molecule has 1 amide bonds. The first kappa shape index (κ1) is 15.5. The van der Waals surface area contributed by atoms with Crippen LogP contribution in [0, 0.1) is 16.0 Å². The third-order valence-corrected chi connectivity index (χ3v) is 3.69. The Morgan fingerprint density at radius 2 is 2.14 bits per heavy atom. The van der Waals surface area contributed by atoms with E-state index < -0.39 is 4.92 Å². The fourth-order valence-electron chi connectivity index (χ4n) is 2.47. The summed E-state index contributed by atoms with van der Waals surface area (Å²) in [5.74, 6) is 0.569. The summed E-state index contributed by atoms with van der Waals surface area (Å²) in [6.45, 7) is 5.81. The van der Waals surface area contributed by atoms with Crippen molar-refractivity contribution in [3.8, 4) is 0 Å². The Balaban J connectivity index is 1.76. The summed E-state index contributed by atoms with van der Waals surface area (Å²) in [4.78, 5) is 23.8. The minimum Gasteiger partial charge on any atom is -0.404 e. The van der Waals surface area contributed by atoms with Crippen LogP contribution < -0.4 is 5.32 Å². The second-order valence-corrected chi connectivity index (χ2v) is 5.63. The van der Waals surface area contributed by atoms with Crippen LogP contribution in [0.2, 0.25) is 0 Å². The van der Waals surface area contributed by atoms with Crippen molar-refractivity contribution in [2.45, 2.75) is 39.3 Å². The Morgan fingerprint density at radius 3 is 2.67 bits per heavy atom. The Hall–Kier alpha value is -1.89. The minimum absolute atomic E-state index is 0.0400. The molecule has 1 aliphatic heterocycles. The van der Waals surface area contributed by atoms with Crippen LogP contribution in [0.3, 0.4) is 0 Å². The summed E-state index contributed by atoms with van der Waals surface area (Å²) in [7, 11) is 0. The zero-order chi connectivity index (χ0) is 15.4. The molecule has 0 saturated carbocycles. The standard InChI is InChI=1S/C14H21N3O4/c1-10(2)14(18)16-7-5-11(6-8-16)15-9-12-3-4-13(21-12)17(19)20/h3-4,10-11,15H,5-9H2,1-2H3. The summed E-state index contributed by atoms with van der Waals surface area (Å²) in [6.07, 6.45) is 1.78. The van der Waals surface area contributed by atoms with Gasteiger partial charge in [0.05, 0.1) is 12.6 Å². The molecule has 2 heterocycles. The van der Waals surface area contributed by atoms with Gasteiger partial charge in [-0.1, -0.05) is 13.8 Å². The molecule has 116 valence electrons. The molecule has 0 bridgehead atoms. The normalized spacial score (nSPS) is 16.4. The highest BCUT2D eigenvalue weighted by Crippen LogP contribution is 2.17. The zero-order valence-electron chi connectivity index (χ0n) is 12.4. The van der Waals surface area contributed by atoms with Gasteiger partial charge < -0.3 is 14.6 Å². The van der Waals surface area contributed by atoms with Gasteiger partial charge in [-0.15, -0.1) is 0 Å². The van der Waals surface area contributed by atoms with Gasteiger partial charge in [0.2, 0.25) is 5.91 Å². The molecule has 0 unspecified atom stereocenters. The quantitative estimate of drug-likeness (QED) is 0.662. The van der Waals surface area contributed by atoms with Gasteiger partial charge in [0, 0.05) is 25.0 Å². The molecule has 1 aromatic heterocycles. The SMILES string of the molecule is CC(C)C(=O)N1CCC(NCc2ccc([N+](=O)[O-])o2)CC1. The van der Waals surface area contributed by atoms with E-state index >= 15 is 0 Å². The molecule has 1 aliphatic rings. The summed E-state index contributed by atoms with van der Waals surface area (Å²) in [6, 6.07) is 3.29. The fourth-order valence-corrected chi connectivity index (χ4v) is 2.47. The Bertz CT molecular complexity index is 504. The van der Waals surface area contributed by atoms with Crippen molar-refractivity contribution in [3.05, 3.63) is 28.0 Å². The molecule has 1 N–H and O–H groups in total. The number of piperidine rings is 1. The molecule has 0 aromatic carbocycles. The lowest BCUT2D eigenvalue weighted by atomic mass is 10.0. The first-order valence-electron chi connectivity index (χ1n) is 7.22. The van der Waals surface area contributed by atoms with E-state index in [1.165, 1.54) is 6.07 Å². The number of nitrogens with zero attached hydrogens (tertiary/aromatic N) is 2. The predicted octanol–water partition coefficient (Wildman–Crippen LogP) is 1.92. The average Bonchev–Trinajstić information content (AvgIpc) is 2.94. The number of hydrogen-bond donors (Lipinski definition) is 1. The van der Waals surface area contributed by atoms with E-state index in [2.05, 4.69) is 5.32 Å². The van der Waals surface area contributed by atoms with Crippen molar-refractivity contribution in [1.29, 1.82) is 0 Å². The van der Waals surface area contributed by atoms with E-state index in [4.69, 9.17) is 4.42 Å². The fraction of sp³-hybridized carbons (Fsp3) is 0.643. The summed E-state index contributed by atoms with van der Waals surface area (Å²) in [5.41, 5.74) is 0. The summed E-state index contributed by atoms with van der Waals surface area (Å²) in [5, 5.41) is 13.9. The van der Waals surface area contributed by atoms with Crippen LogP contribution >= 0.6 is 0 Å². The van der Waals surface area contributed by atoms with Crippen molar-refractivity contribution >= 4 is 11.8 Å². The van der Waals surface area contributed by atoms with Gasteiger partial charge in [-0.2, -0.15) is 0 Å². The number of amides is 1. The highest BCUT2D eigenvalue weighted by molar-refractivity contribution is 5.78. The molecule has 1 fully saturated rings. The first-order chi connectivity index (χ1) is 9.97. The van der Waals surface area contributed by atoms with E-state index in [-0.39, 0.29) is 17.7 Å². The maximum Gasteiger partial charge on any atom is 0.433 e. The second-order valence-electron chi connectivity index (χ2n) is 5.63. The monoisotopic (exact) mass is 295 g/mol. The molecule has 7 nitrogen and oxygen atoms in total. The summed E-state index contributed by atoms with van der Waals surface area (Å²) >= 11 is 0. The van der Waals surface area contributed by atoms with Crippen molar-refractivity contribution in [2.75, 3.05) is 13.1 Å². The number of likely N-dealkylation sites (tertiary alicyclic amines) is 1. The van der Waals surface area contributed by atoms with Gasteiger partial charge in [-0.25, -0.2) is 0 Å². The molecule has 0 aliphatic carbocycles. The zero-order valence-corrected chi connectivity index (χ0v) is 12.4. The molecular weight excluding hydrogens is 274 g/mol. The van der Waals surface area contributed by atoms with Crippen molar-refractivity contribution in [1.82, 2.24) is 10.2 Å². The lowest BCUT2D eigenvalue weighted by Gasteiger charge is -2.33. The van der Waals surface area contributed by atoms with Gasteiger partial charge in [0.15, 0.2) is 0 Å².